The van der Waals surface area contributed by atoms with Crippen molar-refractivity contribution in [3.63, 3.8) is 0 Å². The van der Waals surface area contributed by atoms with Crippen molar-refractivity contribution in [3.05, 3.63) is 29.0 Å². The average molecular weight is 328 g/mol. The molecule has 21 heavy (non-hydrogen) atoms. The molecule has 0 bridgehead atoms. The Hall–Kier alpha value is -1.26. The lowest BCUT2D eigenvalue weighted by molar-refractivity contribution is -0.129. The van der Waals surface area contributed by atoms with Gasteiger partial charge >= 0.3 is 0 Å². The quantitative estimate of drug-likeness (QED) is 0.857. The summed E-state index contributed by atoms with van der Waals surface area (Å²) < 4.78 is 2.04. The van der Waals surface area contributed by atoms with Gasteiger partial charge in [0.25, 0.3) is 0 Å². The average Bonchev–Trinajstić information content (AvgIpc) is 2.78. The third-order valence-corrected chi connectivity index (χ3v) is 4.02. The number of hydrogen-bond donors (Lipinski definition) is 1. The van der Waals surface area contributed by atoms with Gasteiger partial charge < -0.3 is 9.88 Å². The maximum Gasteiger partial charge on any atom is 0.227 e. The second kappa shape index (κ2) is 6.24. The predicted octanol–water partition coefficient (Wildman–Crippen LogP) is 3.24. The summed E-state index contributed by atoms with van der Waals surface area (Å²) in [4.78, 5) is 16.6. The number of amides is 1. The van der Waals surface area contributed by atoms with Crippen LogP contribution in [0.2, 0.25) is 5.02 Å². The molecule has 4 nitrogen and oxygen atoms in total. The summed E-state index contributed by atoms with van der Waals surface area (Å²) in [7, 11) is 1.65. The van der Waals surface area contributed by atoms with Gasteiger partial charge in [-0.25, -0.2) is 4.98 Å². The standard InChI is InChI=1S/C15H19Cl2N3O/c1-15(2,14(21)18-3)9-20-11-6-4-5-10(17)13(11)19-12(20)7-8-16/h4-6H,7-9H2,1-3H3,(H,18,21). The van der Waals surface area contributed by atoms with Gasteiger partial charge in [0.2, 0.25) is 5.91 Å². The Morgan fingerprint density at radius 2 is 2.14 bits per heavy atom. The van der Waals surface area contributed by atoms with E-state index in [4.69, 9.17) is 23.2 Å². The smallest absolute Gasteiger partial charge is 0.227 e. The topological polar surface area (TPSA) is 46.9 Å². The molecule has 0 fully saturated rings. The highest BCUT2D eigenvalue weighted by Gasteiger charge is 2.29. The van der Waals surface area contributed by atoms with Crippen LogP contribution in [0.5, 0.6) is 0 Å². The highest BCUT2D eigenvalue weighted by atomic mass is 35.5. The summed E-state index contributed by atoms with van der Waals surface area (Å²) in [5.74, 6) is 1.31. The number of aromatic nitrogens is 2. The summed E-state index contributed by atoms with van der Waals surface area (Å²) in [6.45, 7) is 4.34. The van der Waals surface area contributed by atoms with Crippen molar-refractivity contribution in [2.24, 2.45) is 5.41 Å². The Bertz CT molecular complexity index is 664. The first-order valence-corrected chi connectivity index (χ1v) is 7.73. The van der Waals surface area contributed by atoms with Crippen LogP contribution in [0.1, 0.15) is 19.7 Å². The van der Waals surface area contributed by atoms with E-state index in [1.807, 2.05) is 36.6 Å². The van der Waals surface area contributed by atoms with E-state index in [0.717, 1.165) is 16.9 Å². The fourth-order valence-electron chi connectivity index (χ4n) is 2.42. The number of imidazole rings is 1. The first-order valence-electron chi connectivity index (χ1n) is 6.82. The molecule has 1 N–H and O–H groups in total. The molecule has 0 aliphatic heterocycles. The fourth-order valence-corrected chi connectivity index (χ4v) is 2.80. The Morgan fingerprint density at radius 3 is 2.76 bits per heavy atom. The number of carbonyl (C=O) groups excluding carboxylic acids is 1. The largest absolute Gasteiger partial charge is 0.359 e. The molecule has 0 spiro atoms. The van der Waals surface area contributed by atoms with Crippen LogP contribution < -0.4 is 5.32 Å². The second-order valence-corrected chi connectivity index (χ2v) is 6.41. The van der Waals surface area contributed by atoms with Gasteiger partial charge in [-0.05, 0) is 26.0 Å². The molecule has 0 aliphatic carbocycles. The normalized spacial score (nSPS) is 11.9. The minimum Gasteiger partial charge on any atom is -0.359 e. The first kappa shape index (κ1) is 16.1. The molecule has 114 valence electrons. The Labute approximate surface area is 134 Å². The van der Waals surface area contributed by atoms with Crippen LogP contribution in [0, 0.1) is 5.41 Å². The van der Waals surface area contributed by atoms with Crippen LogP contribution in [-0.2, 0) is 17.8 Å². The molecular weight excluding hydrogens is 309 g/mol. The molecule has 1 aromatic heterocycles. The molecule has 0 atom stereocenters. The zero-order valence-electron chi connectivity index (χ0n) is 12.4. The van der Waals surface area contributed by atoms with Crippen molar-refractivity contribution in [1.29, 1.82) is 0 Å². The molecule has 0 radical (unpaired) electrons. The molecule has 1 amide bonds. The number of fused-ring (bicyclic) bond motifs is 1. The van der Waals surface area contributed by atoms with E-state index in [1.165, 1.54) is 0 Å². The molecule has 2 aromatic rings. The lowest BCUT2D eigenvalue weighted by atomic mass is 9.92. The summed E-state index contributed by atoms with van der Waals surface area (Å²) >= 11 is 12.1. The van der Waals surface area contributed by atoms with E-state index < -0.39 is 5.41 Å². The maximum atomic E-state index is 12.0. The van der Waals surface area contributed by atoms with Crippen molar-refractivity contribution in [3.8, 4) is 0 Å². The Balaban J connectivity index is 2.53. The molecule has 1 aromatic carbocycles. The highest BCUT2D eigenvalue weighted by Crippen LogP contribution is 2.28. The summed E-state index contributed by atoms with van der Waals surface area (Å²) in [6, 6.07) is 5.67. The molecule has 0 saturated heterocycles. The van der Waals surface area contributed by atoms with Gasteiger partial charge in [-0.1, -0.05) is 17.7 Å². The summed E-state index contributed by atoms with van der Waals surface area (Å²) in [5.41, 5.74) is 1.14. The fraction of sp³-hybridized carbons (Fsp3) is 0.467. The number of halogens is 2. The van der Waals surface area contributed by atoms with E-state index >= 15 is 0 Å². The minimum atomic E-state index is -0.550. The number of carbonyl (C=O) groups is 1. The highest BCUT2D eigenvalue weighted by molar-refractivity contribution is 6.34. The molecule has 0 saturated carbocycles. The van der Waals surface area contributed by atoms with Gasteiger partial charge in [0.05, 0.1) is 16.0 Å². The van der Waals surface area contributed by atoms with Crippen LogP contribution in [0.25, 0.3) is 11.0 Å². The van der Waals surface area contributed by atoms with Gasteiger partial charge in [-0.2, -0.15) is 0 Å². The van der Waals surface area contributed by atoms with Gasteiger partial charge in [0.15, 0.2) is 0 Å². The number of aryl methyl sites for hydroxylation is 1. The van der Waals surface area contributed by atoms with Gasteiger partial charge in [-0.3, -0.25) is 4.79 Å². The Kier molecular flexibility index (Phi) is 4.79. The number of rotatable bonds is 5. The first-order chi connectivity index (χ1) is 9.90. The van der Waals surface area contributed by atoms with E-state index in [-0.39, 0.29) is 5.91 Å². The van der Waals surface area contributed by atoms with Crippen molar-refractivity contribution < 1.29 is 4.79 Å². The number of nitrogens with zero attached hydrogens (tertiary/aromatic N) is 2. The number of alkyl halides is 1. The maximum absolute atomic E-state index is 12.0. The third-order valence-electron chi connectivity index (χ3n) is 3.52. The van der Waals surface area contributed by atoms with E-state index in [0.29, 0.717) is 23.9 Å². The van der Waals surface area contributed by atoms with Crippen LogP contribution in [0.15, 0.2) is 18.2 Å². The van der Waals surface area contributed by atoms with Gasteiger partial charge in [0, 0.05) is 25.9 Å². The van der Waals surface area contributed by atoms with Crippen molar-refractivity contribution in [1.82, 2.24) is 14.9 Å². The van der Waals surface area contributed by atoms with E-state index in [2.05, 4.69) is 10.3 Å². The molecule has 0 aliphatic rings. The minimum absolute atomic E-state index is 0.0109. The molecule has 6 heteroatoms. The van der Waals surface area contributed by atoms with E-state index in [9.17, 15) is 4.79 Å². The molecule has 0 unspecified atom stereocenters. The lowest BCUT2D eigenvalue weighted by Crippen LogP contribution is -2.38. The van der Waals surface area contributed by atoms with Crippen molar-refractivity contribution in [2.75, 3.05) is 12.9 Å². The number of hydrogen-bond acceptors (Lipinski definition) is 2. The van der Waals surface area contributed by atoms with Crippen LogP contribution in [0.3, 0.4) is 0 Å². The zero-order chi connectivity index (χ0) is 15.6. The zero-order valence-corrected chi connectivity index (χ0v) is 13.9. The number of nitrogens with one attached hydrogen (secondary N) is 1. The summed E-state index contributed by atoms with van der Waals surface area (Å²) in [6.07, 6.45) is 0.635. The van der Waals surface area contributed by atoms with Crippen molar-refractivity contribution in [2.45, 2.75) is 26.8 Å². The monoisotopic (exact) mass is 327 g/mol. The SMILES string of the molecule is CNC(=O)C(C)(C)Cn1c(CCCl)nc2c(Cl)cccc21. The van der Waals surface area contributed by atoms with Crippen LogP contribution in [-0.4, -0.2) is 28.4 Å². The Morgan fingerprint density at radius 1 is 1.43 bits per heavy atom. The predicted molar refractivity (Wildman–Crippen MR) is 87.0 cm³/mol. The van der Waals surface area contributed by atoms with Crippen LogP contribution in [0.4, 0.5) is 0 Å². The summed E-state index contributed by atoms with van der Waals surface area (Å²) in [5, 5.41) is 3.31. The van der Waals surface area contributed by atoms with Gasteiger partial charge in [-0.15, -0.1) is 11.6 Å². The molecule has 2 rings (SSSR count). The van der Waals surface area contributed by atoms with Crippen LogP contribution >= 0.6 is 23.2 Å². The van der Waals surface area contributed by atoms with Gasteiger partial charge in [0.1, 0.15) is 11.3 Å². The lowest BCUT2D eigenvalue weighted by Gasteiger charge is -2.24. The number of para-hydroxylation sites is 1. The molecular formula is C15H19Cl2N3O. The number of benzene rings is 1. The third kappa shape index (κ3) is 3.16. The van der Waals surface area contributed by atoms with E-state index in [1.54, 1.807) is 7.05 Å². The van der Waals surface area contributed by atoms with Crippen molar-refractivity contribution >= 4 is 40.1 Å². The second-order valence-electron chi connectivity index (χ2n) is 5.62. The molecule has 1 heterocycles.